The normalized spacial score (nSPS) is 14.2. The number of aromatic nitrogens is 2. The summed E-state index contributed by atoms with van der Waals surface area (Å²) in [7, 11) is 0. The highest BCUT2D eigenvalue weighted by molar-refractivity contribution is 5.94. The van der Waals surface area contributed by atoms with Crippen molar-refractivity contribution in [2.24, 2.45) is 0 Å². The average molecular weight is 378 g/mol. The summed E-state index contributed by atoms with van der Waals surface area (Å²) in [5.41, 5.74) is 1.39. The van der Waals surface area contributed by atoms with E-state index >= 15 is 0 Å². The van der Waals surface area contributed by atoms with Gasteiger partial charge in [0.15, 0.2) is 11.6 Å². The van der Waals surface area contributed by atoms with Crippen LogP contribution in [0.15, 0.2) is 59.2 Å². The van der Waals surface area contributed by atoms with Crippen LogP contribution < -0.4 is 9.64 Å². The third-order valence-corrected chi connectivity index (χ3v) is 4.73. The molecule has 28 heavy (non-hydrogen) atoms. The molecule has 3 heterocycles. The monoisotopic (exact) mass is 378 g/mol. The average Bonchev–Trinajstić information content (AvgIpc) is 3.29. The molecule has 2 aromatic heterocycles. The van der Waals surface area contributed by atoms with Gasteiger partial charge in [-0.05, 0) is 55.5 Å². The first-order valence-electron chi connectivity index (χ1n) is 9.39. The Morgan fingerprint density at radius 1 is 1.04 bits per heavy atom. The first-order valence-corrected chi connectivity index (χ1v) is 9.39. The lowest BCUT2D eigenvalue weighted by Crippen LogP contribution is -2.49. The number of nitrogens with zero attached hydrogens (tertiary/aromatic N) is 4. The molecule has 0 atom stereocenters. The van der Waals surface area contributed by atoms with Crippen molar-refractivity contribution in [3.05, 3.63) is 60.4 Å². The SMILES string of the molecule is CCOc1ccc(C(=O)N2CCN(c3ccc(-c4ccco4)nn3)CC2)cc1. The van der Waals surface area contributed by atoms with Crippen molar-refractivity contribution in [3.63, 3.8) is 0 Å². The third-order valence-electron chi connectivity index (χ3n) is 4.73. The van der Waals surface area contributed by atoms with E-state index in [-0.39, 0.29) is 5.91 Å². The quantitative estimate of drug-likeness (QED) is 0.679. The number of ether oxygens (including phenoxy) is 1. The molecule has 0 spiro atoms. The van der Waals surface area contributed by atoms with Gasteiger partial charge in [0, 0.05) is 31.7 Å². The van der Waals surface area contributed by atoms with Gasteiger partial charge in [0.1, 0.15) is 11.4 Å². The highest BCUT2D eigenvalue weighted by Gasteiger charge is 2.23. The summed E-state index contributed by atoms with van der Waals surface area (Å²) in [6, 6.07) is 14.8. The zero-order valence-corrected chi connectivity index (χ0v) is 15.7. The fourth-order valence-corrected chi connectivity index (χ4v) is 3.23. The second-order valence-electron chi connectivity index (χ2n) is 6.49. The van der Waals surface area contributed by atoms with Gasteiger partial charge >= 0.3 is 0 Å². The summed E-state index contributed by atoms with van der Waals surface area (Å²) in [4.78, 5) is 16.7. The van der Waals surface area contributed by atoms with Gasteiger partial charge in [-0.25, -0.2) is 0 Å². The Balaban J connectivity index is 1.35. The summed E-state index contributed by atoms with van der Waals surface area (Å²) >= 11 is 0. The van der Waals surface area contributed by atoms with Crippen molar-refractivity contribution in [3.8, 4) is 17.2 Å². The van der Waals surface area contributed by atoms with E-state index in [1.807, 2.05) is 60.4 Å². The highest BCUT2D eigenvalue weighted by Crippen LogP contribution is 2.20. The maximum Gasteiger partial charge on any atom is 0.253 e. The standard InChI is InChI=1S/C21H22N4O3/c1-2-27-17-7-5-16(6-8-17)21(26)25-13-11-24(12-14-25)20-10-9-18(22-23-20)19-4-3-15-28-19/h3-10,15H,2,11-14H2,1H3. The van der Waals surface area contributed by atoms with Crippen LogP contribution in [0.1, 0.15) is 17.3 Å². The molecule has 0 N–H and O–H groups in total. The Hall–Kier alpha value is -3.35. The molecular formula is C21H22N4O3. The Bertz CT molecular complexity index is 900. The molecule has 0 radical (unpaired) electrons. The minimum atomic E-state index is 0.0435. The van der Waals surface area contributed by atoms with E-state index in [9.17, 15) is 4.79 Å². The van der Waals surface area contributed by atoms with Crippen LogP contribution in [-0.2, 0) is 0 Å². The van der Waals surface area contributed by atoms with Gasteiger partial charge in [0.05, 0.1) is 12.9 Å². The van der Waals surface area contributed by atoms with Gasteiger partial charge in [-0.1, -0.05) is 0 Å². The van der Waals surface area contributed by atoms with Crippen molar-refractivity contribution in [2.45, 2.75) is 6.92 Å². The van der Waals surface area contributed by atoms with Crippen LogP contribution >= 0.6 is 0 Å². The second kappa shape index (κ2) is 8.12. The first kappa shape index (κ1) is 18.0. The molecule has 7 nitrogen and oxygen atoms in total. The van der Waals surface area contributed by atoms with Crippen LogP contribution in [0.4, 0.5) is 5.82 Å². The number of carbonyl (C=O) groups excluding carboxylic acids is 1. The number of anilines is 1. The number of benzene rings is 1. The van der Waals surface area contributed by atoms with Gasteiger partial charge in [0.2, 0.25) is 0 Å². The molecule has 0 aliphatic carbocycles. The van der Waals surface area contributed by atoms with Gasteiger partial charge in [-0.15, -0.1) is 10.2 Å². The molecule has 0 saturated carbocycles. The number of hydrogen-bond donors (Lipinski definition) is 0. The lowest BCUT2D eigenvalue weighted by atomic mass is 10.1. The fourth-order valence-electron chi connectivity index (χ4n) is 3.23. The fraction of sp³-hybridized carbons (Fsp3) is 0.286. The number of carbonyl (C=O) groups is 1. The topological polar surface area (TPSA) is 71.7 Å². The van der Waals surface area contributed by atoms with Crippen LogP contribution in [-0.4, -0.2) is 53.8 Å². The summed E-state index contributed by atoms with van der Waals surface area (Å²) in [6.45, 7) is 5.28. The number of amides is 1. The van der Waals surface area contributed by atoms with E-state index in [0.717, 1.165) is 24.7 Å². The first-order chi connectivity index (χ1) is 13.7. The Morgan fingerprint density at radius 2 is 1.82 bits per heavy atom. The van der Waals surface area contributed by atoms with Crippen molar-refractivity contribution in [1.82, 2.24) is 15.1 Å². The van der Waals surface area contributed by atoms with Crippen LogP contribution in [0.5, 0.6) is 5.75 Å². The molecule has 0 bridgehead atoms. The van der Waals surface area contributed by atoms with E-state index in [1.54, 1.807) is 6.26 Å². The number of hydrogen-bond acceptors (Lipinski definition) is 6. The largest absolute Gasteiger partial charge is 0.494 e. The molecule has 144 valence electrons. The minimum Gasteiger partial charge on any atom is -0.494 e. The Kier molecular flexibility index (Phi) is 5.23. The Labute approximate surface area is 163 Å². The van der Waals surface area contributed by atoms with Gasteiger partial charge in [0.25, 0.3) is 5.91 Å². The Morgan fingerprint density at radius 3 is 2.43 bits per heavy atom. The van der Waals surface area contributed by atoms with E-state index in [0.29, 0.717) is 36.7 Å². The number of rotatable bonds is 5. The van der Waals surface area contributed by atoms with E-state index < -0.39 is 0 Å². The minimum absolute atomic E-state index is 0.0435. The van der Waals surface area contributed by atoms with E-state index in [1.165, 1.54) is 0 Å². The third kappa shape index (κ3) is 3.83. The molecule has 1 aromatic carbocycles. The lowest BCUT2D eigenvalue weighted by Gasteiger charge is -2.35. The predicted molar refractivity (Wildman–Crippen MR) is 105 cm³/mol. The van der Waals surface area contributed by atoms with Crippen LogP contribution in [0, 0.1) is 0 Å². The van der Waals surface area contributed by atoms with Gasteiger partial charge < -0.3 is 19.0 Å². The summed E-state index contributed by atoms with van der Waals surface area (Å²) in [6.07, 6.45) is 1.62. The second-order valence-corrected chi connectivity index (χ2v) is 6.49. The molecular weight excluding hydrogens is 356 g/mol. The molecule has 4 rings (SSSR count). The maximum atomic E-state index is 12.7. The van der Waals surface area contributed by atoms with Crippen molar-refractivity contribution in [1.29, 1.82) is 0 Å². The number of piperazine rings is 1. The highest BCUT2D eigenvalue weighted by atomic mass is 16.5. The molecule has 0 unspecified atom stereocenters. The summed E-state index contributed by atoms with van der Waals surface area (Å²) in [5.74, 6) is 2.33. The zero-order valence-electron chi connectivity index (χ0n) is 15.7. The lowest BCUT2D eigenvalue weighted by molar-refractivity contribution is 0.0746. The van der Waals surface area contributed by atoms with Crippen molar-refractivity contribution >= 4 is 11.7 Å². The van der Waals surface area contributed by atoms with Crippen LogP contribution in [0.25, 0.3) is 11.5 Å². The summed E-state index contributed by atoms with van der Waals surface area (Å²) in [5, 5.41) is 8.56. The van der Waals surface area contributed by atoms with E-state index in [4.69, 9.17) is 9.15 Å². The van der Waals surface area contributed by atoms with E-state index in [2.05, 4.69) is 15.1 Å². The molecule has 7 heteroatoms. The van der Waals surface area contributed by atoms with Crippen molar-refractivity contribution < 1.29 is 13.9 Å². The van der Waals surface area contributed by atoms with Gasteiger partial charge in [-0.2, -0.15) is 0 Å². The van der Waals surface area contributed by atoms with Crippen molar-refractivity contribution in [2.75, 3.05) is 37.7 Å². The predicted octanol–water partition coefficient (Wildman–Crippen LogP) is 3.10. The molecule has 3 aromatic rings. The van der Waals surface area contributed by atoms with Crippen LogP contribution in [0.2, 0.25) is 0 Å². The molecule has 1 saturated heterocycles. The molecule has 1 aliphatic heterocycles. The molecule has 1 amide bonds. The zero-order chi connectivity index (χ0) is 19.3. The molecule has 1 fully saturated rings. The van der Waals surface area contributed by atoms with Crippen LogP contribution in [0.3, 0.4) is 0 Å². The number of furan rings is 1. The van der Waals surface area contributed by atoms with Gasteiger partial charge in [-0.3, -0.25) is 4.79 Å². The maximum absolute atomic E-state index is 12.7. The molecule has 1 aliphatic rings. The smallest absolute Gasteiger partial charge is 0.253 e. The summed E-state index contributed by atoms with van der Waals surface area (Å²) < 4.78 is 10.8.